The van der Waals surface area contributed by atoms with Gasteiger partial charge in [0.15, 0.2) is 0 Å². The van der Waals surface area contributed by atoms with Gasteiger partial charge in [0, 0.05) is 46.3 Å². The summed E-state index contributed by atoms with van der Waals surface area (Å²) >= 11 is 0. The lowest BCUT2D eigenvalue weighted by atomic mass is 10.0. The fourth-order valence-corrected chi connectivity index (χ4v) is 3.07. The van der Waals surface area contributed by atoms with Gasteiger partial charge in [-0.25, -0.2) is 4.79 Å². The van der Waals surface area contributed by atoms with Crippen LogP contribution in [-0.2, 0) is 6.54 Å². The van der Waals surface area contributed by atoms with Crippen LogP contribution in [0.4, 0.5) is 10.7 Å². The summed E-state index contributed by atoms with van der Waals surface area (Å²) in [6.07, 6.45) is 3.05. The topological polar surface area (TPSA) is 77.7 Å². The van der Waals surface area contributed by atoms with Gasteiger partial charge in [-0.2, -0.15) is 4.98 Å². The van der Waals surface area contributed by atoms with E-state index in [0.717, 1.165) is 45.4 Å². The summed E-state index contributed by atoms with van der Waals surface area (Å²) in [5.41, 5.74) is 0. The standard InChI is InChI=1S/C14H24N6O2/c1-18(2)13-16-12(22-17-13)10-19-8-4-11(5-9-19)20-7-3-6-15-14(20)21/h11H,3-10H2,1-2H3,(H,15,21). The van der Waals surface area contributed by atoms with Gasteiger partial charge in [-0.3, -0.25) is 4.90 Å². The molecule has 8 heteroatoms. The van der Waals surface area contributed by atoms with Crippen molar-refractivity contribution in [1.82, 2.24) is 25.3 Å². The summed E-state index contributed by atoms with van der Waals surface area (Å²) in [5.74, 6) is 1.26. The molecular formula is C14H24N6O2. The smallest absolute Gasteiger partial charge is 0.317 e. The number of urea groups is 1. The molecule has 0 aromatic carbocycles. The van der Waals surface area contributed by atoms with Crippen LogP contribution in [0.2, 0.25) is 0 Å². The van der Waals surface area contributed by atoms with Crippen LogP contribution in [0.5, 0.6) is 0 Å². The minimum atomic E-state index is 0.0947. The first kappa shape index (κ1) is 15.1. The number of nitrogens with one attached hydrogen (secondary N) is 1. The predicted molar refractivity (Wildman–Crippen MR) is 81.6 cm³/mol. The maximum atomic E-state index is 11.9. The van der Waals surface area contributed by atoms with Crippen LogP contribution in [0.25, 0.3) is 0 Å². The van der Waals surface area contributed by atoms with E-state index < -0.39 is 0 Å². The Morgan fingerprint density at radius 1 is 1.32 bits per heavy atom. The second-order valence-electron chi connectivity index (χ2n) is 6.17. The molecule has 8 nitrogen and oxygen atoms in total. The zero-order chi connectivity index (χ0) is 15.5. The number of nitrogens with zero attached hydrogens (tertiary/aromatic N) is 5. The molecule has 22 heavy (non-hydrogen) atoms. The number of carbonyl (C=O) groups is 1. The Kier molecular flexibility index (Phi) is 4.47. The third kappa shape index (κ3) is 3.32. The van der Waals surface area contributed by atoms with Gasteiger partial charge in [-0.05, 0) is 24.4 Å². The van der Waals surface area contributed by atoms with Crippen LogP contribution in [0.15, 0.2) is 4.52 Å². The predicted octanol–water partition coefficient (Wildman–Crippen LogP) is 0.515. The lowest BCUT2D eigenvalue weighted by molar-refractivity contribution is 0.103. The first-order chi connectivity index (χ1) is 10.6. The highest BCUT2D eigenvalue weighted by atomic mass is 16.5. The van der Waals surface area contributed by atoms with E-state index in [2.05, 4.69) is 20.4 Å². The fraction of sp³-hybridized carbons (Fsp3) is 0.786. The van der Waals surface area contributed by atoms with Crippen LogP contribution in [-0.4, -0.2) is 72.3 Å². The number of piperidine rings is 1. The summed E-state index contributed by atoms with van der Waals surface area (Å²) < 4.78 is 5.27. The van der Waals surface area contributed by atoms with E-state index >= 15 is 0 Å². The molecule has 0 atom stereocenters. The molecule has 0 radical (unpaired) electrons. The van der Waals surface area contributed by atoms with E-state index in [9.17, 15) is 4.79 Å². The molecule has 1 N–H and O–H groups in total. The van der Waals surface area contributed by atoms with Crippen molar-refractivity contribution >= 4 is 12.0 Å². The summed E-state index contributed by atoms with van der Waals surface area (Å²) in [6, 6.07) is 0.453. The van der Waals surface area contributed by atoms with Crippen LogP contribution >= 0.6 is 0 Å². The minimum Gasteiger partial charge on any atom is -0.344 e. The largest absolute Gasteiger partial charge is 0.344 e. The van der Waals surface area contributed by atoms with Gasteiger partial charge in [-0.15, -0.1) is 0 Å². The van der Waals surface area contributed by atoms with Crippen molar-refractivity contribution in [1.29, 1.82) is 0 Å². The monoisotopic (exact) mass is 308 g/mol. The molecule has 3 heterocycles. The summed E-state index contributed by atoms with van der Waals surface area (Å²) in [4.78, 5) is 22.4. The van der Waals surface area contributed by atoms with E-state index in [1.165, 1.54) is 0 Å². The van der Waals surface area contributed by atoms with Crippen molar-refractivity contribution in [3.63, 3.8) is 0 Å². The van der Waals surface area contributed by atoms with Gasteiger partial charge in [0.05, 0.1) is 6.54 Å². The molecule has 2 aliphatic heterocycles. The Labute approximate surface area is 130 Å². The number of amides is 2. The zero-order valence-corrected chi connectivity index (χ0v) is 13.3. The van der Waals surface area contributed by atoms with Gasteiger partial charge >= 0.3 is 6.03 Å². The Morgan fingerprint density at radius 2 is 2.09 bits per heavy atom. The third-order valence-electron chi connectivity index (χ3n) is 4.33. The molecule has 2 saturated heterocycles. The summed E-state index contributed by atoms with van der Waals surface area (Å²) in [5, 5.41) is 6.86. The fourth-order valence-electron chi connectivity index (χ4n) is 3.07. The van der Waals surface area contributed by atoms with Crippen molar-refractivity contribution in [3.8, 4) is 0 Å². The molecule has 0 unspecified atom stereocenters. The molecular weight excluding hydrogens is 284 g/mol. The highest BCUT2D eigenvalue weighted by Crippen LogP contribution is 2.20. The van der Waals surface area contributed by atoms with Gasteiger partial charge in [0.2, 0.25) is 5.89 Å². The summed E-state index contributed by atoms with van der Waals surface area (Å²) in [6.45, 7) is 4.27. The van der Waals surface area contributed by atoms with E-state index in [1.54, 1.807) is 0 Å². The van der Waals surface area contributed by atoms with E-state index in [-0.39, 0.29) is 6.03 Å². The van der Waals surface area contributed by atoms with E-state index in [1.807, 2.05) is 23.9 Å². The first-order valence-corrected chi connectivity index (χ1v) is 7.90. The van der Waals surface area contributed by atoms with Crippen LogP contribution < -0.4 is 10.2 Å². The van der Waals surface area contributed by atoms with Crippen molar-refractivity contribution < 1.29 is 9.32 Å². The lowest BCUT2D eigenvalue weighted by Crippen LogP contribution is -2.54. The molecule has 0 saturated carbocycles. The molecule has 0 spiro atoms. The number of anilines is 1. The number of aromatic nitrogens is 2. The van der Waals surface area contributed by atoms with E-state index in [4.69, 9.17) is 4.52 Å². The molecule has 3 rings (SSSR count). The second-order valence-corrected chi connectivity index (χ2v) is 6.17. The number of hydrogen-bond donors (Lipinski definition) is 1. The highest BCUT2D eigenvalue weighted by Gasteiger charge is 2.29. The van der Waals surface area contributed by atoms with Crippen molar-refractivity contribution in [2.24, 2.45) is 0 Å². The second kappa shape index (κ2) is 6.51. The average molecular weight is 308 g/mol. The molecule has 2 amide bonds. The van der Waals surface area contributed by atoms with Crippen LogP contribution in [0.3, 0.4) is 0 Å². The SMILES string of the molecule is CN(C)c1noc(CN2CCC(N3CCCNC3=O)CC2)n1. The third-order valence-corrected chi connectivity index (χ3v) is 4.33. The minimum absolute atomic E-state index is 0.0947. The Balaban J connectivity index is 1.49. The van der Waals surface area contributed by atoms with Gasteiger partial charge in [0.25, 0.3) is 5.95 Å². The quantitative estimate of drug-likeness (QED) is 0.873. The molecule has 1 aromatic heterocycles. The van der Waals surface area contributed by atoms with Gasteiger partial charge in [-0.1, -0.05) is 0 Å². The maximum absolute atomic E-state index is 11.9. The number of likely N-dealkylation sites (tertiary alicyclic amines) is 1. The summed E-state index contributed by atoms with van der Waals surface area (Å²) in [7, 11) is 3.79. The lowest BCUT2D eigenvalue weighted by Gasteiger charge is -2.39. The number of carbonyl (C=O) groups excluding carboxylic acids is 1. The normalized spacial score (nSPS) is 21.0. The molecule has 0 bridgehead atoms. The van der Waals surface area contributed by atoms with Crippen LogP contribution in [0, 0.1) is 0 Å². The zero-order valence-electron chi connectivity index (χ0n) is 13.3. The van der Waals surface area contributed by atoms with Crippen molar-refractivity contribution in [2.45, 2.75) is 31.8 Å². The van der Waals surface area contributed by atoms with Gasteiger partial charge in [0.1, 0.15) is 0 Å². The van der Waals surface area contributed by atoms with E-state index in [0.29, 0.717) is 24.4 Å². The average Bonchev–Trinajstić information content (AvgIpc) is 2.98. The molecule has 2 fully saturated rings. The highest BCUT2D eigenvalue weighted by molar-refractivity contribution is 5.75. The number of rotatable bonds is 4. The first-order valence-electron chi connectivity index (χ1n) is 7.90. The van der Waals surface area contributed by atoms with Gasteiger partial charge < -0.3 is 19.6 Å². The number of hydrogen-bond acceptors (Lipinski definition) is 6. The molecule has 1 aromatic rings. The Bertz CT molecular complexity index is 509. The van der Waals surface area contributed by atoms with Crippen LogP contribution in [0.1, 0.15) is 25.2 Å². The van der Waals surface area contributed by atoms with Crippen molar-refractivity contribution in [2.75, 3.05) is 45.2 Å². The Hall–Kier alpha value is -1.83. The maximum Gasteiger partial charge on any atom is 0.317 e. The molecule has 0 aliphatic carbocycles. The Morgan fingerprint density at radius 3 is 2.73 bits per heavy atom. The van der Waals surface area contributed by atoms with Crippen molar-refractivity contribution in [3.05, 3.63) is 5.89 Å². The molecule has 122 valence electrons. The molecule has 2 aliphatic rings.